The zero-order valence-corrected chi connectivity index (χ0v) is 11.5. The molecule has 0 saturated heterocycles. The topological polar surface area (TPSA) is 26.0 Å². The summed E-state index contributed by atoms with van der Waals surface area (Å²) in [6.07, 6.45) is 2.72. The summed E-state index contributed by atoms with van der Waals surface area (Å²) in [5.74, 6) is 0. The molecule has 1 aliphatic carbocycles. The second-order valence-corrected chi connectivity index (χ2v) is 6.88. The van der Waals surface area contributed by atoms with Gasteiger partial charge in [0.15, 0.2) is 0 Å². The van der Waals surface area contributed by atoms with Crippen molar-refractivity contribution in [1.29, 1.82) is 0 Å². The van der Waals surface area contributed by atoms with Gasteiger partial charge in [0.25, 0.3) is 0 Å². The Kier molecular flexibility index (Phi) is 3.15. The van der Waals surface area contributed by atoms with Crippen molar-refractivity contribution in [2.24, 2.45) is 5.73 Å². The summed E-state index contributed by atoms with van der Waals surface area (Å²) in [7, 11) is 0. The minimum Gasteiger partial charge on any atom is -0.322 e. The van der Waals surface area contributed by atoms with E-state index in [4.69, 9.17) is 5.73 Å². The highest BCUT2D eigenvalue weighted by molar-refractivity contribution is 9.10. The lowest BCUT2D eigenvalue weighted by Gasteiger charge is -2.20. The maximum absolute atomic E-state index is 6.06. The van der Waals surface area contributed by atoms with Gasteiger partial charge in [-0.25, -0.2) is 0 Å². The molecule has 2 rings (SSSR count). The molecule has 0 aliphatic heterocycles. The Bertz CT molecular complexity index is 366. The van der Waals surface area contributed by atoms with Crippen LogP contribution in [0.25, 0.3) is 0 Å². The average Bonchev–Trinajstić information content (AvgIpc) is 2.90. The Morgan fingerprint density at radius 1 is 1.40 bits per heavy atom. The normalized spacial score (nSPS) is 16.8. The Morgan fingerprint density at radius 3 is 2.53 bits per heavy atom. The van der Waals surface area contributed by atoms with Crippen LogP contribution in [0.2, 0.25) is 0 Å². The molecule has 0 unspecified atom stereocenters. The molecule has 0 heterocycles. The third-order valence-electron chi connectivity index (χ3n) is 2.49. The molecule has 1 fully saturated rings. The Labute approximate surface area is 104 Å². The fourth-order valence-electron chi connectivity index (χ4n) is 1.36. The number of hydrogen-bond donors (Lipinski definition) is 1. The smallest absolute Gasteiger partial charge is 0.0352 e. The van der Waals surface area contributed by atoms with Gasteiger partial charge >= 0.3 is 0 Å². The molecule has 1 aliphatic rings. The Balaban J connectivity index is 2.21. The second kappa shape index (κ2) is 4.11. The van der Waals surface area contributed by atoms with Gasteiger partial charge in [0.1, 0.15) is 0 Å². The van der Waals surface area contributed by atoms with Gasteiger partial charge in [-0.2, -0.15) is 0 Å². The van der Waals surface area contributed by atoms with E-state index < -0.39 is 0 Å². The molecule has 0 atom stereocenters. The van der Waals surface area contributed by atoms with Gasteiger partial charge in [-0.1, -0.05) is 6.07 Å². The van der Waals surface area contributed by atoms with Crippen molar-refractivity contribution in [2.75, 3.05) is 0 Å². The standard InChI is InChI=1S/C12H16BrNS/c1-12(2,14)8-3-6-11(10(13)7-8)15-9-4-5-9/h3,6-7,9H,4-5,14H2,1-2H3. The van der Waals surface area contributed by atoms with Crippen LogP contribution >= 0.6 is 27.7 Å². The molecule has 3 heteroatoms. The molecule has 1 aromatic rings. The van der Waals surface area contributed by atoms with E-state index in [1.165, 1.54) is 27.8 Å². The summed E-state index contributed by atoms with van der Waals surface area (Å²) >= 11 is 5.59. The van der Waals surface area contributed by atoms with Crippen LogP contribution in [0.5, 0.6) is 0 Å². The zero-order valence-electron chi connectivity index (χ0n) is 9.09. The number of hydrogen-bond acceptors (Lipinski definition) is 2. The third kappa shape index (κ3) is 2.99. The lowest BCUT2D eigenvalue weighted by molar-refractivity contribution is 0.553. The van der Waals surface area contributed by atoms with E-state index in [1.54, 1.807) is 0 Å². The predicted molar refractivity (Wildman–Crippen MR) is 70.2 cm³/mol. The Morgan fingerprint density at radius 2 is 2.07 bits per heavy atom. The lowest BCUT2D eigenvalue weighted by atomic mass is 9.96. The molecule has 0 aromatic heterocycles. The fraction of sp³-hybridized carbons (Fsp3) is 0.500. The van der Waals surface area contributed by atoms with Crippen LogP contribution < -0.4 is 5.73 Å². The first-order valence-electron chi connectivity index (χ1n) is 5.22. The largest absolute Gasteiger partial charge is 0.322 e. The van der Waals surface area contributed by atoms with Gasteiger partial charge in [-0.05, 0) is 60.3 Å². The molecular weight excluding hydrogens is 270 g/mol. The van der Waals surface area contributed by atoms with E-state index in [0.717, 1.165) is 5.25 Å². The summed E-state index contributed by atoms with van der Waals surface area (Å²) < 4.78 is 1.18. The molecular formula is C12H16BrNS. The van der Waals surface area contributed by atoms with Crippen LogP contribution in [-0.4, -0.2) is 5.25 Å². The van der Waals surface area contributed by atoms with E-state index in [0.29, 0.717) is 0 Å². The molecule has 0 bridgehead atoms. The van der Waals surface area contributed by atoms with E-state index >= 15 is 0 Å². The second-order valence-electron chi connectivity index (χ2n) is 4.68. The van der Waals surface area contributed by atoms with E-state index in [1.807, 2.05) is 25.6 Å². The van der Waals surface area contributed by atoms with Crippen LogP contribution in [0.1, 0.15) is 32.3 Å². The lowest BCUT2D eigenvalue weighted by Crippen LogP contribution is -2.28. The summed E-state index contributed by atoms with van der Waals surface area (Å²) in [6, 6.07) is 6.46. The first-order chi connectivity index (χ1) is 6.97. The van der Waals surface area contributed by atoms with Crippen molar-refractivity contribution in [2.45, 2.75) is 42.4 Å². The van der Waals surface area contributed by atoms with Crippen molar-refractivity contribution in [3.8, 4) is 0 Å². The first kappa shape index (κ1) is 11.5. The monoisotopic (exact) mass is 285 g/mol. The highest BCUT2D eigenvalue weighted by atomic mass is 79.9. The summed E-state index contributed by atoms with van der Waals surface area (Å²) in [6.45, 7) is 4.06. The van der Waals surface area contributed by atoms with E-state index in [-0.39, 0.29) is 5.54 Å². The van der Waals surface area contributed by atoms with Crippen molar-refractivity contribution in [3.63, 3.8) is 0 Å². The number of halogens is 1. The molecule has 1 saturated carbocycles. The maximum Gasteiger partial charge on any atom is 0.0352 e. The predicted octanol–water partition coefficient (Wildman–Crippen LogP) is 3.90. The van der Waals surface area contributed by atoms with Crippen LogP contribution in [0, 0.1) is 0 Å². The fourth-order valence-corrected chi connectivity index (χ4v) is 3.07. The quantitative estimate of drug-likeness (QED) is 0.912. The van der Waals surface area contributed by atoms with Gasteiger partial charge in [0.2, 0.25) is 0 Å². The van der Waals surface area contributed by atoms with E-state index in [9.17, 15) is 0 Å². The highest BCUT2D eigenvalue weighted by Gasteiger charge is 2.24. The maximum atomic E-state index is 6.06. The summed E-state index contributed by atoms with van der Waals surface area (Å²) in [4.78, 5) is 1.34. The summed E-state index contributed by atoms with van der Waals surface area (Å²) in [5.41, 5.74) is 6.98. The van der Waals surface area contributed by atoms with Gasteiger partial charge in [0.05, 0.1) is 0 Å². The van der Waals surface area contributed by atoms with Crippen molar-refractivity contribution >= 4 is 27.7 Å². The van der Waals surface area contributed by atoms with Crippen molar-refractivity contribution in [1.82, 2.24) is 0 Å². The van der Waals surface area contributed by atoms with Gasteiger partial charge in [-0.3, -0.25) is 0 Å². The minimum atomic E-state index is -0.259. The first-order valence-corrected chi connectivity index (χ1v) is 6.89. The molecule has 0 spiro atoms. The number of benzene rings is 1. The van der Waals surface area contributed by atoms with Crippen molar-refractivity contribution < 1.29 is 0 Å². The van der Waals surface area contributed by atoms with Crippen LogP contribution in [-0.2, 0) is 5.54 Å². The van der Waals surface area contributed by atoms with Crippen LogP contribution in [0.15, 0.2) is 27.6 Å². The van der Waals surface area contributed by atoms with Gasteiger partial charge in [0, 0.05) is 20.2 Å². The van der Waals surface area contributed by atoms with Crippen molar-refractivity contribution in [3.05, 3.63) is 28.2 Å². The molecule has 1 nitrogen and oxygen atoms in total. The molecule has 2 N–H and O–H groups in total. The molecule has 82 valence electrons. The highest BCUT2D eigenvalue weighted by Crippen LogP contribution is 2.42. The molecule has 15 heavy (non-hydrogen) atoms. The van der Waals surface area contributed by atoms with Gasteiger partial charge in [-0.15, -0.1) is 11.8 Å². The van der Waals surface area contributed by atoms with Crippen LogP contribution in [0.4, 0.5) is 0 Å². The minimum absolute atomic E-state index is 0.259. The summed E-state index contributed by atoms with van der Waals surface area (Å²) in [5, 5.41) is 0.845. The SMILES string of the molecule is CC(C)(N)c1ccc(SC2CC2)c(Br)c1. The zero-order chi connectivity index (χ0) is 11.1. The number of thioether (sulfide) groups is 1. The average molecular weight is 286 g/mol. The van der Waals surface area contributed by atoms with Crippen LogP contribution in [0.3, 0.4) is 0 Å². The third-order valence-corrected chi connectivity index (χ3v) is 4.83. The molecule has 1 aromatic carbocycles. The molecule has 0 radical (unpaired) electrons. The molecule has 0 amide bonds. The van der Waals surface area contributed by atoms with Gasteiger partial charge < -0.3 is 5.73 Å². The van der Waals surface area contributed by atoms with E-state index in [2.05, 4.69) is 34.1 Å². The number of nitrogens with two attached hydrogens (primary N) is 1. The Hall–Kier alpha value is 0.01000. The number of rotatable bonds is 3.